The Morgan fingerprint density at radius 3 is 2.81 bits per heavy atom. The summed E-state index contributed by atoms with van der Waals surface area (Å²) in [7, 11) is 0. The van der Waals surface area contributed by atoms with Crippen LogP contribution in [0.3, 0.4) is 0 Å². The maximum Gasteiger partial charge on any atom is 0.335 e. The quantitative estimate of drug-likeness (QED) is 0.895. The smallest absolute Gasteiger partial charge is 0.335 e. The lowest BCUT2D eigenvalue weighted by atomic mass is 9.87. The Bertz CT molecular complexity index is 684. The van der Waals surface area contributed by atoms with Crippen LogP contribution in [0.1, 0.15) is 40.4 Å². The summed E-state index contributed by atoms with van der Waals surface area (Å²) in [6, 6.07) is 12.2. The van der Waals surface area contributed by atoms with Gasteiger partial charge in [0.1, 0.15) is 5.82 Å². The van der Waals surface area contributed by atoms with Gasteiger partial charge in [-0.15, -0.1) is 0 Å². The second-order valence-electron chi connectivity index (χ2n) is 5.29. The van der Waals surface area contributed by atoms with Gasteiger partial charge >= 0.3 is 5.97 Å². The number of aryl methyl sites for hydroxylation is 1. The molecule has 0 saturated heterocycles. The topological polar surface area (TPSA) is 49.3 Å². The molecular formula is C17H16FNO2. The highest BCUT2D eigenvalue weighted by atomic mass is 19.1. The van der Waals surface area contributed by atoms with Crippen molar-refractivity contribution in [2.45, 2.75) is 25.3 Å². The maximum atomic E-state index is 14.0. The van der Waals surface area contributed by atoms with Gasteiger partial charge in [-0.2, -0.15) is 0 Å². The second kappa shape index (κ2) is 5.56. The van der Waals surface area contributed by atoms with Gasteiger partial charge in [0, 0.05) is 0 Å². The van der Waals surface area contributed by atoms with Gasteiger partial charge in [0.2, 0.25) is 0 Å². The molecule has 0 amide bonds. The van der Waals surface area contributed by atoms with E-state index in [9.17, 15) is 9.18 Å². The molecule has 3 nitrogen and oxygen atoms in total. The number of fused-ring (bicyclic) bond motifs is 1. The molecule has 1 aliphatic carbocycles. The highest BCUT2D eigenvalue weighted by Gasteiger charge is 2.20. The Morgan fingerprint density at radius 1 is 1.24 bits per heavy atom. The van der Waals surface area contributed by atoms with Gasteiger partial charge < -0.3 is 10.4 Å². The maximum absolute atomic E-state index is 14.0. The molecule has 0 aliphatic heterocycles. The number of carboxylic acids is 1. The zero-order valence-electron chi connectivity index (χ0n) is 11.5. The molecule has 0 bridgehead atoms. The predicted octanol–water partition coefficient (Wildman–Crippen LogP) is 4.01. The molecule has 0 radical (unpaired) electrons. The fourth-order valence-electron chi connectivity index (χ4n) is 2.86. The highest BCUT2D eigenvalue weighted by molar-refractivity contribution is 5.88. The van der Waals surface area contributed by atoms with Crippen LogP contribution in [0.5, 0.6) is 0 Å². The van der Waals surface area contributed by atoms with Gasteiger partial charge in [0.15, 0.2) is 0 Å². The molecule has 108 valence electrons. The first-order valence-corrected chi connectivity index (χ1v) is 7.02. The van der Waals surface area contributed by atoms with E-state index in [0.717, 1.165) is 25.3 Å². The monoisotopic (exact) mass is 285 g/mol. The lowest BCUT2D eigenvalue weighted by Crippen LogP contribution is -2.18. The Labute approximate surface area is 122 Å². The lowest BCUT2D eigenvalue weighted by molar-refractivity contribution is 0.0696. The minimum Gasteiger partial charge on any atom is -0.478 e. The number of benzene rings is 2. The van der Waals surface area contributed by atoms with E-state index in [0.29, 0.717) is 5.69 Å². The van der Waals surface area contributed by atoms with Crippen molar-refractivity contribution in [1.82, 2.24) is 0 Å². The third-order valence-electron chi connectivity index (χ3n) is 3.92. The van der Waals surface area contributed by atoms with Gasteiger partial charge in [0.25, 0.3) is 0 Å². The largest absolute Gasteiger partial charge is 0.478 e. The van der Waals surface area contributed by atoms with Crippen LogP contribution in [0.2, 0.25) is 0 Å². The van der Waals surface area contributed by atoms with Gasteiger partial charge in [-0.25, -0.2) is 9.18 Å². The van der Waals surface area contributed by atoms with Crippen molar-refractivity contribution in [2.75, 3.05) is 5.32 Å². The molecule has 4 heteroatoms. The predicted molar refractivity (Wildman–Crippen MR) is 79.1 cm³/mol. The van der Waals surface area contributed by atoms with E-state index in [1.54, 1.807) is 0 Å². The molecule has 0 saturated carbocycles. The zero-order chi connectivity index (χ0) is 14.8. The summed E-state index contributed by atoms with van der Waals surface area (Å²) in [5.74, 6) is -1.65. The Kier molecular flexibility index (Phi) is 3.60. The number of aromatic carboxylic acids is 1. The number of carboxylic acid groups (broad SMARTS) is 1. The third kappa shape index (κ3) is 2.75. The fraction of sp³-hybridized carbons (Fsp3) is 0.235. The molecule has 1 aliphatic rings. The van der Waals surface area contributed by atoms with Crippen molar-refractivity contribution in [2.24, 2.45) is 0 Å². The van der Waals surface area contributed by atoms with Gasteiger partial charge in [-0.3, -0.25) is 0 Å². The molecule has 21 heavy (non-hydrogen) atoms. The van der Waals surface area contributed by atoms with Crippen LogP contribution in [0.4, 0.5) is 10.1 Å². The first-order valence-electron chi connectivity index (χ1n) is 7.02. The van der Waals surface area contributed by atoms with Crippen LogP contribution in [-0.4, -0.2) is 11.1 Å². The molecule has 0 heterocycles. The molecule has 2 aromatic rings. The third-order valence-corrected chi connectivity index (χ3v) is 3.92. The summed E-state index contributed by atoms with van der Waals surface area (Å²) in [5.41, 5.74) is 2.80. The normalized spacial score (nSPS) is 17.1. The zero-order valence-corrected chi connectivity index (χ0v) is 11.5. The molecule has 2 N–H and O–H groups in total. The molecule has 0 fully saturated rings. The van der Waals surface area contributed by atoms with Crippen LogP contribution < -0.4 is 5.32 Å². The van der Waals surface area contributed by atoms with Crippen LogP contribution in [-0.2, 0) is 6.42 Å². The van der Waals surface area contributed by atoms with Crippen LogP contribution in [0, 0.1) is 5.82 Å². The Balaban J connectivity index is 1.86. The van der Waals surface area contributed by atoms with E-state index in [1.165, 1.54) is 23.3 Å². The molecule has 0 spiro atoms. The van der Waals surface area contributed by atoms with Crippen molar-refractivity contribution >= 4 is 11.7 Å². The Hall–Kier alpha value is -2.36. The van der Waals surface area contributed by atoms with E-state index in [1.807, 2.05) is 12.1 Å². The fourth-order valence-corrected chi connectivity index (χ4v) is 2.86. The molecule has 0 aromatic heterocycles. The average molecular weight is 285 g/mol. The highest BCUT2D eigenvalue weighted by Crippen LogP contribution is 2.33. The molecule has 2 aromatic carbocycles. The first kappa shape index (κ1) is 13.6. The van der Waals surface area contributed by atoms with E-state index in [2.05, 4.69) is 17.4 Å². The summed E-state index contributed by atoms with van der Waals surface area (Å²) in [4.78, 5) is 10.8. The van der Waals surface area contributed by atoms with Crippen molar-refractivity contribution in [3.05, 3.63) is 65.0 Å². The number of anilines is 1. The van der Waals surface area contributed by atoms with Crippen molar-refractivity contribution in [1.29, 1.82) is 0 Å². The van der Waals surface area contributed by atoms with Crippen LogP contribution >= 0.6 is 0 Å². The van der Waals surface area contributed by atoms with Crippen LogP contribution in [0.15, 0.2) is 42.5 Å². The molecular weight excluding hydrogens is 269 g/mol. The summed E-state index contributed by atoms with van der Waals surface area (Å²) in [6.45, 7) is 0. The molecule has 3 rings (SSSR count). The van der Waals surface area contributed by atoms with Crippen molar-refractivity contribution in [3.63, 3.8) is 0 Å². The second-order valence-corrected chi connectivity index (χ2v) is 5.29. The minimum absolute atomic E-state index is 0.0397. The van der Waals surface area contributed by atoms with Gasteiger partial charge in [-0.05, 0) is 48.6 Å². The summed E-state index contributed by atoms with van der Waals surface area (Å²) in [6.07, 6.45) is 3.05. The van der Waals surface area contributed by atoms with E-state index in [4.69, 9.17) is 5.11 Å². The number of hydrogen-bond acceptors (Lipinski definition) is 2. The van der Waals surface area contributed by atoms with E-state index >= 15 is 0 Å². The van der Waals surface area contributed by atoms with Crippen molar-refractivity contribution in [3.8, 4) is 0 Å². The number of nitrogens with one attached hydrogen (secondary N) is 1. The molecule has 1 unspecified atom stereocenters. The number of carbonyl (C=O) groups is 1. The Morgan fingerprint density at radius 2 is 2.05 bits per heavy atom. The standard InChI is InChI=1S/C17H16FNO2/c18-14-10-12(17(20)21)8-9-16(14)19-15-7-3-5-11-4-1-2-6-13(11)15/h1-2,4,6,8-10,15,19H,3,5,7H2,(H,20,21). The van der Waals surface area contributed by atoms with Crippen molar-refractivity contribution < 1.29 is 14.3 Å². The minimum atomic E-state index is -1.12. The van der Waals surface area contributed by atoms with Gasteiger partial charge in [0.05, 0.1) is 17.3 Å². The first-order chi connectivity index (χ1) is 10.1. The molecule has 1 atom stereocenters. The summed E-state index contributed by atoms with van der Waals surface area (Å²) < 4.78 is 14.0. The number of halogens is 1. The van der Waals surface area contributed by atoms with E-state index in [-0.39, 0.29) is 11.6 Å². The summed E-state index contributed by atoms with van der Waals surface area (Å²) >= 11 is 0. The number of rotatable bonds is 3. The number of hydrogen-bond donors (Lipinski definition) is 2. The van der Waals surface area contributed by atoms with Crippen LogP contribution in [0.25, 0.3) is 0 Å². The average Bonchev–Trinajstić information content (AvgIpc) is 2.49. The summed E-state index contributed by atoms with van der Waals surface area (Å²) in [5, 5.41) is 12.1. The van der Waals surface area contributed by atoms with Gasteiger partial charge in [-0.1, -0.05) is 24.3 Å². The SMILES string of the molecule is O=C(O)c1ccc(NC2CCCc3ccccc32)c(F)c1. The van der Waals surface area contributed by atoms with E-state index < -0.39 is 11.8 Å². The lowest BCUT2D eigenvalue weighted by Gasteiger charge is -2.27.